The normalized spacial score (nSPS) is 25.0. The molecule has 2 aliphatic rings. The summed E-state index contributed by atoms with van der Waals surface area (Å²) in [5, 5.41) is 11.8. The largest absolute Gasteiger partial charge is 0.457 e. The van der Waals surface area contributed by atoms with E-state index in [4.69, 9.17) is 32.9 Å². The summed E-state index contributed by atoms with van der Waals surface area (Å²) >= 11 is 12.6. The number of nitrogens with one attached hydrogen (secondary N) is 1. The standard InChI is InChI=1S/C19H14Cl2N2O3/c1-10-13(17(24)23-18(25)14(10)9-22)7-11-3-4-16(26-11)12-5-6-19(2,21)8-15(12)20/h3-7H,8H2,1-2H3,(H,23,24,25)/b13-7-. The van der Waals surface area contributed by atoms with E-state index < -0.39 is 16.7 Å². The minimum Gasteiger partial charge on any atom is -0.457 e. The highest BCUT2D eigenvalue weighted by molar-refractivity contribution is 6.35. The van der Waals surface area contributed by atoms with Gasteiger partial charge in [-0.15, -0.1) is 11.6 Å². The van der Waals surface area contributed by atoms with Gasteiger partial charge < -0.3 is 4.42 Å². The second kappa shape index (κ2) is 6.64. The molecule has 1 unspecified atom stereocenters. The van der Waals surface area contributed by atoms with Gasteiger partial charge in [0.15, 0.2) is 0 Å². The third-order valence-electron chi connectivity index (χ3n) is 4.16. The van der Waals surface area contributed by atoms with Crippen molar-refractivity contribution in [1.29, 1.82) is 5.26 Å². The van der Waals surface area contributed by atoms with Crippen molar-refractivity contribution in [3.63, 3.8) is 0 Å². The molecule has 0 aromatic carbocycles. The summed E-state index contributed by atoms with van der Waals surface area (Å²) in [6.45, 7) is 3.42. The molecular weight excluding hydrogens is 375 g/mol. The minimum absolute atomic E-state index is 0.0926. The number of hydrogen-bond donors (Lipinski definition) is 1. The van der Waals surface area contributed by atoms with Crippen molar-refractivity contribution in [3.8, 4) is 6.07 Å². The molecule has 2 heterocycles. The van der Waals surface area contributed by atoms with E-state index in [0.717, 1.165) is 5.57 Å². The Balaban J connectivity index is 1.97. The summed E-state index contributed by atoms with van der Waals surface area (Å²) in [5.41, 5.74) is 1.15. The lowest BCUT2D eigenvalue weighted by Crippen LogP contribution is -2.37. The number of allylic oxidation sites excluding steroid dienone is 4. The van der Waals surface area contributed by atoms with Crippen molar-refractivity contribution < 1.29 is 14.0 Å². The number of carbonyl (C=O) groups is 2. The predicted octanol–water partition coefficient (Wildman–Crippen LogP) is 4.07. The van der Waals surface area contributed by atoms with Crippen LogP contribution in [0.5, 0.6) is 0 Å². The van der Waals surface area contributed by atoms with Crippen molar-refractivity contribution in [2.75, 3.05) is 0 Å². The van der Waals surface area contributed by atoms with E-state index in [1.165, 1.54) is 6.08 Å². The number of nitriles is 1. The van der Waals surface area contributed by atoms with Crippen molar-refractivity contribution in [1.82, 2.24) is 5.32 Å². The smallest absolute Gasteiger partial charge is 0.269 e. The summed E-state index contributed by atoms with van der Waals surface area (Å²) in [6.07, 6.45) is 5.63. The van der Waals surface area contributed by atoms with Crippen molar-refractivity contribution in [3.05, 3.63) is 57.6 Å². The lowest BCUT2D eigenvalue weighted by atomic mass is 9.96. The molecule has 0 saturated heterocycles. The first kappa shape index (κ1) is 18.2. The van der Waals surface area contributed by atoms with Crippen LogP contribution in [0.15, 0.2) is 50.5 Å². The maximum absolute atomic E-state index is 12.1. The van der Waals surface area contributed by atoms with Crippen LogP contribution in [0.1, 0.15) is 31.8 Å². The molecule has 3 rings (SSSR count). The van der Waals surface area contributed by atoms with E-state index in [1.54, 1.807) is 25.1 Å². The molecule has 0 spiro atoms. The first-order valence-electron chi connectivity index (χ1n) is 7.77. The molecule has 0 fully saturated rings. The monoisotopic (exact) mass is 388 g/mol. The fourth-order valence-electron chi connectivity index (χ4n) is 2.76. The Labute approximate surface area is 160 Å². The lowest BCUT2D eigenvalue weighted by molar-refractivity contribution is -0.126. The first-order valence-corrected chi connectivity index (χ1v) is 8.53. The fraction of sp³-hybridized carbons (Fsp3) is 0.211. The van der Waals surface area contributed by atoms with Crippen LogP contribution in [0.2, 0.25) is 0 Å². The zero-order chi connectivity index (χ0) is 19.1. The molecule has 1 aliphatic carbocycles. The highest BCUT2D eigenvalue weighted by Crippen LogP contribution is 2.38. The summed E-state index contributed by atoms with van der Waals surface area (Å²) < 4.78 is 5.77. The van der Waals surface area contributed by atoms with Gasteiger partial charge >= 0.3 is 0 Å². The number of alkyl halides is 1. The zero-order valence-corrected chi connectivity index (χ0v) is 15.5. The summed E-state index contributed by atoms with van der Waals surface area (Å²) in [7, 11) is 0. The summed E-state index contributed by atoms with van der Waals surface area (Å²) in [6, 6.07) is 5.23. The van der Waals surface area contributed by atoms with Crippen LogP contribution in [0, 0.1) is 11.3 Å². The van der Waals surface area contributed by atoms with Gasteiger partial charge in [-0.3, -0.25) is 14.9 Å². The van der Waals surface area contributed by atoms with Gasteiger partial charge in [0.1, 0.15) is 23.2 Å². The second-order valence-electron chi connectivity index (χ2n) is 6.26. The fourth-order valence-corrected chi connectivity index (χ4v) is 3.45. The summed E-state index contributed by atoms with van der Waals surface area (Å²) in [5.74, 6) is -0.321. The molecule has 0 saturated carbocycles. The van der Waals surface area contributed by atoms with Gasteiger partial charge in [-0.05, 0) is 37.6 Å². The van der Waals surface area contributed by atoms with Crippen molar-refractivity contribution >= 4 is 46.7 Å². The number of carbonyl (C=O) groups excluding carboxylic acids is 2. The Kier molecular flexibility index (Phi) is 4.66. The Morgan fingerprint density at radius 1 is 1.35 bits per heavy atom. The SMILES string of the molecule is CC1=C(C#N)C(=O)NC(=O)/C1=C\c1ccc(C2=C(Cl)CC(C)(Cl)C=C2)o1. The predicted molar refractivity (Wildman–Crippen MR) is 98.9 cm³/mol. The maximum Gasteiger partial charge on any atom is 0.269 e. The topological polar surface area (TPSA) is 83.1 Å². The molecule has 5 nitrogen and oxygen atoms in total. The quantitative estimate of drug-likeness (QED) is 0.470. The van der Waals surface area contributed by atoms with Crippen LogP contribution in [0.3, 0.4) is 0 Å². The van der Waals surface area contributed by atoms with Gasteiger partial charge in [0.2, 0.25) is 0 Å². The number of nitrogens with zero attached hydrogens (tertiary/aromatic N) is 1. The minimum atomic E-state index is -0.694. The Bertz CT molecular complexity index is 985. The molecule has 1 aromatic rings. The molecule has 2 amide bonds. The van der Waals surface area contributed by atoms with Crippen molar-refractivity contribution in [2.24, 2.45) is 0 Å². The van der Waals surface area contributed by atoms with Gasteiger partial charge in [0.05, 0.1) is 4.87 Å². The number of imide groups is 1. The van der Waals surface area contributed by atoms with Crippen LogP contribution in [0.4, 0.5) is 0 Å². The third-order valence-corrected chi connectivity index (χ3v) is 4.76. The zero-order valence-electron chi connectivity index (χ0n) is 14.0. The number of halogens is 2. The first-order chi connectivity index (χ1) is 12.2. The molecule has 1 atom stereocenters. The van der Waals surface area contributed by atoms with E-state index in [9.17, 15) is 9.59 Å². The summed E-state index contributed by atoms with van der Waals surface area (Å²) in [4.78, 5) is 23.2. The lowest BCUT2D eigenvalue weighted by Gasteiger charge is -2.22. The highest BCUT2D eigenvalue weighted by atomic mass is 35.5. The van der Waals surface area contributed by atoms with Crippen LogP contribution in [0.25, 0.3) is 11.6 Å². The number of hydrogen-bond acceptors (Lipinski definition) is 4. The van der Waals surface area contributed by atoms with E-state index in [-0.39, 0.29) is 11.1 Å². The van der Waals surface area contributed by atoms with Gasteiger partial charge in [0, 0.05) is 22.6 Å². The maximum atomic E-state index is 12.1. The van der Waals surface area contributed by atoms with E-state index >= 15 is 0 Å². The average molecular weight is 389 g/mol. The molecule has 26 heavy (non-hydrogen) atoms. The molecule has 1 aliphatic heterocycles. The second-order valence-corrected chi connectivity index (χ2v) is 7.58. The van der Waals surface area contributed by atoms with E-state index in [1.807, 2.05) is 19.1 Å². The average Bonchev–Trinajstić information content (AvgIpc) is 2.99. The molecule has 7 heteroatoms. The molecule has 132 valence electrons. The highest BCUT2D eigenvalue weighted by Gasteiger charge is 2.28. The Morgan fingerprint density at radius 2 is 2.08 bits per heavy atom. The molecule has 0 radical (unpaired) electrons. The van der Waals surface area contributed by atoms with Crippen LogP contribution in [-0.2, 0) is 9.59 Å². The van der Waals surface area contributed by atoms with Crippen LogP contribution >= 0.6 is 23.2 Å². The number of rotatable bonds is 2. The molecule has 1 N–H and O–H groups in total. The number of furan rings is 1. The molecule has 1 aromatic heterocycles. The van der Waals surface area contributed by atoms with Crippen molar-refractivity contribution in [2.45, 2.75) is 25.1 Å². The van der Waals surface area contributed by atoms with Gasteiger partial charge in [-0.25, -0.2) is 0 Å². The number of amides is 2. The van der Waals surface area contributed by atoms with E-state index in [2.05, 4.69) is 5.32 Å². The van der Waals surface area contributed by atoms with Gasteiger partial charge in [0.25, 0.3) is 11.8 Å². The Morgan fingerprint density at radius 3 is 2.73 bits per heavy atom. The van der Waals surface area contributed by atoms with E-state index in [0.29, 0.717) is 28.5 Å². The molecule has 0 bridgehead atoms. The van der Waals surface area contributed by atoms with Gasteiger partial charge in [-0.1, -0.05) is 23.8 Å². The molecular formula is C19H14Cl2N2O3. The third kappa shape index (κ3) is 3.39. The van der Waals surface area contributed by atoms with Gasteiger partial charge in [-0.2, -0.15) is 5.26 Å². The van der Waals surface area contributed by atoms with Crippen LogP contribution < -0.4 is 5.32 Å². The van der Waals surface area contributed by atoms with Crippen LogP contribution in [-0.4, -0.2) is 16.7 Å². The Hall–Kier alpha value is -2.55.